The first-order valence-electron chi connectivity index (χ1n) is 5.87. The third-order valence-corrected chi connectivity index (χ3v) is 2.79. The Balaban J connectivity index is 2.38. The van der Waals surface area contributed by atoms with Gasteiger partial charge in [0.1, 0.15) is 0 Å². The predicted octanol–water partition coefficient (Wildman–Crippen LogP) is 0.505. The van der Waals surface area contributed by atoms with Gasteiger partial charge in [-0.1, -0.05) is 26.0 Å². The minimum atomic E-state index is -0.857. The summed E-state index contributed by atoms with van der Waals surface area (Å²) < 4.78 is 0. The van der Waals surface area contributed by atoms with Crippen molar-refractivity contribution in [3.63, 3.8) is 0 Å². The molecule has 0 saturated carbocycles. The average Bonchev–Trinajstić information content (AvgIpc) is 2.65. The molecule has 1 aliphatic rings. The van der Waals surface area contributed by atoms with Crippen LogP contribution in [0, 0.1) is 11.8 Å². The molecule has 1 rings (SSSR count). The van der Waals surface area contributed by atoms with Gasteiger partial charge in [-0.25, -0.2) is 0 Å². The lowest BCUT2D eigenvalue weighted by Gasteiger charge is -2.17. The molecule has 0 aliphatic heterocycles. The maximum absolute atomic E-state index is 11.7. The molecule has 0 radical (unpaired) electrons. The van der Waals surface area contributed by atoms with Crippen LogP contribution in [-0.2, 0) is 9.59 Å². The van der Waals surface area contributed by atoms with Crippen LogP contribution < -0.4 is 11.1 Å². The lowest BCUT2D eigenvalue weighted by Crippen LogP contribution is -2.45. The summed E-state index contributed by atoms with van der Waals surface area (Å²) in [6.07, 6.45) is 4.38. The smallest absolute Gasteiger partial charge is 0.310 e. The second kappa shape index (κ2) is 5.82. The van der Waals surface area contributed by atoms with Crippen LogP contribution in [0.3, 0.4) is 0 Å². The van der Waals surface area contributed by atoms with E-state index < -0.39 is 17.9 Å². The summed E-state index contributed by atoms with van der Waals surface area (Å²) in [5.74, 6) is -1.20. The highest BCUT2D eigenvalue weighted by Gasteiger charge is 2.26. The number of hydrogen-bond acceptors (Lipinski definition) is 3. The molecule has 0 aromatic carbocycles. The normalized spacial score (nSPS) is 24.9. The zero-order valence-corrected chi connectivity index (χ0v) is 10.2. The Morgan fingerprint density at radius 3 is 2.59 bits per heavy atom. The maximum Gasteiger partial charge on any atom is 0.310 e. The Labute approximate surface area is 101 Å². The summed E-state index contributed by atoms with van der Waals surface area (Å²) in [5.41, 5.74) is 5.74. The standard InChI is InChI=1S/C12H20N2O3/c1-7(2)5-10(13)11(15)14-9-4-3-8(6-9)12(16)17/h3-4,7-10H,5-6,13H2,1-2H3,(H,14,15)(H,16,17)/t8?,9?,10-/m0/s1. The van der Waals surface area contributed by atoms with Crippen LogP contribution >= 0.6 is 0 Å². The first-order valence-corrected chi connectivity index (χ1v) is 5.87. The number of amides is 1. The SMILES string of the molecule is CC(C)C[C@H](N)C(=O)NC1C=CC(C(=O)O)C1. The summed E-state index contributed by atoms with van der Waals surface area (Å²) in [6, 6.07) is -0.728. The van der Waals surface area contributed by atoms with Gasteiger partial charge in [0.2, 0.25) is 5.91 Å². The zero-order chi connectivity index (χ0) is 13.0. The van der Waals surface area contributed by atoms with Crippen molar-refractivity contribution in [2.24, 2.45) is 17.6 Å². The van der Waals surface area contributed by atoms with Crippen molar-refractivity contribution < 1.29 is 14.7 Å². The molecule has 96 valence electrons. The first kappa shape index (κ1) is 13.7. The molecule has 0 spiro atoms. The number of carboxylic acid groups (broad SMARTS) is 1. The Hall–Kier alpha value is -1.36. The monoisotopic (exact) mass is 240 g/mol. The number of rotatable bonds is 5. The number of carbonyl (C=O) groups is 2. The number of carboxylic acids is 1. The van der Waals surface area contributed by atoms with E-state index in [1.54, 1.807) is 12.2 Å². The Morgan fingerprint density at radius 2 is 2.12 bits per heavy atom. The molecule has 0 aromatic rings. The topological polar surface area (TPSA) is 92.4 Å². The van der Waals surface area contributed by atoms with E-state index in [1.807, 2.05) is 13.8 Å². The molecule has 4 N–H and O–H groups in total. The van der Waals surface area contributed by atoms with E-state index in [0.29, 0.717) is 18.8 Å². The third kappa shape index (κ3) is 4.19. The molecule has 1 aliphatic carbocycles. The second-order valence-corrected chi connectivity index (χ2v) is 4.92. The Kier molecular flexibility index (Phi) is 4.69. The number of nitrogens with two attached hydrogens (primary N) is 1. The molecular formula is C12H20N2O3. The summed E-state index contributed by atoms with van der Waals surface area (Å²) in [6.45, 7) is 4.01. The van der Waals surface area contributed by atoms with Crippen molar-refractivity contribution in [3.8, 4) is 0 Å². The van der Waals surface area contributed by atoms with E-state index in [9.17, 15) is 9.59 Å². The van der Waals surface area contributed by atoms with Crippen molar-refractivity contribution in [1.82, 2.24) is 5.32 Å². The summed E-state index contributed by atoms with van der Waals surface area (Å²) >= 11 is 0. The molecule has 17 heavy (non-hydrogen) atoms. The molecule has 0 saturated heterocycles. The minimum Gasteiger partial charge on any atom is -0.481 e. The van der Waals surface area contributed by atoms with Gasteiger partial charge in [-0.3, -0.25) is 9.59 Å². The molecule has 0 bridgehead atoms. The van der Waals surface area contributed by atoms with Gasteiger partial charge >= 0.3 is 5.97 Å². The van der Waals surface area contributed by atoms with Gasteiger partial charge in [0.25, 0.3) is 0 Å². The van der Waals surface area contributed by atoms with Gasteiger partial charge in [-0.05, 0) is 18.8 Å². The lowest BCUT2D eigenvalue weighted by molar-refractivity contribution is -0.140. The Bertz CT molecular complexity index is 326. The van der Waals surface area contributed by atoms with Gasteiger partial charge in [0.05, 0.1) is 12.0 Å². The van der Waals surface area contributed by atoms with E-state index in [1.165, 1.54) is 0 Å². The predicted molar refractivity (Wildman–Crippen MR) is 64.2 cm³/mol. The van der Waals surface area contributed by atoms with Crippen molar-refractivity contribution in [2.45, 2.75) is 38.8 Å². The highest BCUT2D eigenvalue weighted by atomic mass is 16.4. The molecule has 0 heterocycles. The van der Waals surface area contributed by atoms with Gasteiger partial charge < -0.3 is 16.2 Å². The average molecular weight is 240 g/mol. The lowest BCUT2D eigenvalue weighted by atomic mass is 10.0. The molecule has 5 heteroatoms. The second-order valence-electron chi connectivity index (χ2n) is 4.92. The Morgan fingerprint density at radius 1 is 1.47 bits per heavy atom. The zero-order valence-electron chi connectivity index (χ0n) is 10.2. The van der Waals surface area contributed by atoms with Crippen molar-refractivity contribution in [1.29, 1.82) is 0 Å². The van der Waals surface area contributed by atoms with E-state index in [-0.39, 0.29) is 11.9 Å². The quantitative estimate of drug-likeness (QED) is 0.610. The fourth-order valence-corrected chi connectivity index (χ4v) is 1.89. The van der Waals surface area contributed by atoms with Gasteiger partial charge in [-0.2, -0.15) is 0 Å². The van der Waals surface area contributed by atoms with Crippen LogP contribution in [0.4, 0.5) is 0 Å². The molecule has 3 atom stereocenters. The van der Waals surface area contributed by atoms with Crippen LogP contribution in [0.15, 0.2) is 12.2 Å². The van der Waals surface area contributed by atoms with E-state index in [0.717, 1.165) is 0 Å². The van der Waals surface area contributed by atoms with Crippen LogP contribution in [0.25, 0.3) is 0 Å². The van der Waals surface area contributed by atoms with E-state index in [2.05, 4.69) is 5.32 Å². The van der Waals surface area contributed by atoms with Crippen LogP contribution in [0.5, 0.6) is 0 Å². The third-order valence-electron chi connectivity index (χ3n) is 2.79. The number of hydrogen-bond donors (Lipinski definition) is 3. The molecule has 2 unspecified atom stereocenters. The molecule has 5 nitrogen and oxygen atoms in total. The summed E-state index contributed by atoms with van der Waals surface area (Å²) in [4.78, 5) is 22.4. The van der Waals surface area contributed by atoms with E-state index in [4.69, 9.17) is 10.8 Å². The van der Waals surface area contributed by atoms with Gasteiger partial charge in [-0.15, -0.1) is 0 Å². The van der Waals surface area contributed by atoms with Crippen LogP contribution in [0.2, 0.25) is 0 Å². The first-order chi connectivity index (χ1) is 7.90. The van der Waals surface area contributed by atoms with Gasteiger partial charge in [0.15, 0.2) is 0 Å². The maximum atomic E-state index is 11.7. The minimum absolute atomic E-state index is 0.207. The molecule has 0 aromatic heterocycles. The highest BCUT2D eigenvalue weighted by molar-refractivity contribution is 5.82. The highest BCUT2D eigenvalue weighted by Crippen LogP contribution is 2.18. The molecule has 0 fully saturated rings. The number of nitrogens with one attached hydrogen (secondary N) is 1. The summed E-state index contributed by atoms with van der Waals surface area (Å²) in [7, 11) is 0. The summed E-state index contributed by atoms with van der Waals surface area (Å²) in [5, 5.41) is 11.6. The fourth-order valence-electron chi connectivity index (χ4n) is 1.89. The number of aliphatic carboxylic acids is 1. The van der Waals surface area contributed by atoms with Crippen molar-refractivity contribution >= 4 is 11.9 Å². The molecular weight excluding hydrogens is 220 g/mol. The van der Waals surface area contributed by atoms with Gasteiger partial charge in [0, 0.05) is 6.04 Å². The largest absolute Gasteiger partial charge is 0.481 e. The van der Waals surface area contributed by atoms with Crippen LogP contribution in [0.1, 0.15) is 26.7 Å². The fraction of sp³-hybridized carbons (Fsp3) is 0.667. The van der Waals surface area contributed by atoms with Crippen LogP contribution in [-0.4, -0.2) is 29.1 Å². The number of carbonyl (C=O) groups excluding carboxylic acids is 1. The molecule has 1 amide bonds. The van der Waals surface area contributed by atoms with E-state index >= 15 is 0 Å². The van der Waals surface area contributed by atoms with Crippen molar-refractivity contribution in [3.05, 3.63) is 12.2 Å². The van der Waals surface area contributed by atoms with Crippen molar-refractivity contribution in [2.75, 3.05) is 0 Å².